The van der Waals surface area contributed by atoms with Crippen molar-refractivity contribution < 1.29 is 4.79 Å². The third-order valence-corrected chi connectivity index (χ3v) is 8.20. The number of nitrogens with zero attached hydrogens (tertiary/aromatic N) is 1. The Morgan fingerprint density at radius 3 is 2.58 bits per heavy atom. The Bertz CT molecular complexity index is 1160. The summed E-state index contributed by atoms with van der Waals surface area (Å²) in [6, 6.07) is 17.2. The summed E-state index contributed by atoms with van der Waals surface area (Å²) in [4.78, 5) is 16.7. The van der Waals surface area contributed by atoms with Crippen LogP contribution >= 0.6 is 0 Å². The van der Waals surface area contributed by atoms with Gasteiger partial charge in [-0.1, -0.05) is 48.0 Å². The van der Waals surface area contributed by atoms with Crippen molar-refractivity contribution in [2.75, 3.05) is 0 Å². The van der Waals surface area contributed by atoms with E-state index in [1.807, 2.05) is 24.4 Å². The molecule has 31 heavy (non-hydrogen) atoms. The minimum absolute atomic E-state index is 0.120. The number of hydrazone groups is 1. The summed E-state index contributed by atoms with van der Waals surface area (Å²) in [6.45, 7) is 2.14. The van der Waals surface area contributed by atoms with Crippen LogP contribution in [0.15, 0.2) is 59.8 Å². The molecule has 4 nitrogen and oxygen atoms in total. The summed E-state index contributed by atoms with van der Waals surface area (Å²) in [5, 5.41) is 5.50. The Morgan fingerprint density at radius 2 is 1.81 bits per heavy atom. The van der Waals surface area contributed by atoms with Crippen LogP contribution in [0.2, 0.25) is 0 Å². The van der Waals surface area contributed by atoms with Gasteiger partial charge in [-0.15, -0.1) is 0 Å². The number of aromatic nitrogens is 1. The van der Waals surface area contributed by atoms with Gasteiger partial charge in [0.2, 0.25) is 5.91 Å². The lowest BCUT2D eigenvalue weighted by atomic mass is 9.42. The molecule has 0 aliphatic heterocycles. The zero-order valence-electron chi connectivity index (χ0n) is 18.0. The highest BCUT2D eigenvalue weighted by Gasteiger charge is 2.60. The number of carbonyl (C=O) groups excluding carboxylic acids is 1. The molecule has 2 atom stereocenters. The second-order valence-corrected chi connectivity index (χ2v) is 10.4. The first kappa shape index (κ1) is 18.9. The average Bonchev–Trinajstić information content (AvgIpc) is 3.16. The van der Waals surface area contributed by atoms with Gasteiger partial charge in [-0.05, 0) is 74.3 Å². The summed E-state index contributed by atoms with van der Waals surface area (Å²) < 4.78 is 0. The fourth-order valence-electron chi connectivity index (χ4n) is 7.25. The van der Waals surface area contributed by atoms with Crippen LogP contribution in [-0.2, 0) is 10.2 Å². The van der Waals surface area contributed by atoms with Crippen LogP contribution in [-0.4, -0.2) is 17.1 Å². The Morgan fingerprint density at radius 1 is 1.06 bits per heavy atom. The molecule has 1 aromatic heterocycles. The number of H-pyrrole nitrogens is 1. The molecule has 4 fully saturated rings. The van der Waals surface area contributed by atoms with Crippen LogP contribution < -0.4 is 5.43 Å². The van der Waals surface area contributed by atoms with Crippen LogP contribution in [0.5, 0.6) is 0 Å². The number of para-hydroxylation sites is 1. The highest BCUT2D eigenvalue weighted by atomic mass is 16.2. The highest BCUT2D eigenvalue weighted by Crippen LogP contribution is 2.65. The van der Waals surface area contributed by atoms with Crippen molar-refractivity contribution >= 4 is 23.0 Å². The predicted molar refractivity (Wildman–Crippen MR) is 124 cm³/mol. The van der Waals surface area contributed by atoms with Crippen molar-refractivity contribution in [3.05, 3.63) is 71.4 Å². The average molecular weight is 412 g/mol. The minimum atomic E-state index is -0.271. The monoisotopic (exact) mass is 411 g/mol. The Labute approximate surface area is 183 Å². The molecule has 1 amide bonds. The maximum Gasteiger partial charge on any atom is 0.246 e. The van der Waals surface area contributed by atoms with Crippen LogP contribution in [0, 0.1) is 24.2 Å². The van der Waals surface area contributed by atoms with Gasteiger partial charge in [0.15, 0.2) is 0 Å². The lowest BCUT2D eigenvalue weighted by Gasteiger charge is -2.61. The summed E-state index contributed by atoms with van der Waals surface area (Å²) in [5.41, 5.74) is 7.64. The lowest BCUT2D eigenvalue weighted by molar-refractivity contribution is -0.149. The first-order valence-electron chi connectivity index (χ1n) is 11.5. The standard InChI is InChI=1S/C27H29N3O/c1-18-6-8-22(9-7-18)26-11-19-10-20(12-26)14-27(13-19,17-26)25(31)30-29-16-21-15-28-24-5-3-2-4-23(21)24/h2-9,15-16,19-20,28H,10-14,17H2,1H3,(H,30,31)/b29-16+. The molecule has 4 aliphatic carbocycles. The molecule has 4 aliphatic rings. The fourth-order valence-corrected chi connectivity index (χ4v) is 7.25. The molecular formula is C27H29N3O. The maximum absolute atomic E-state index is 13.5. The number of hydrogen-bond donors (Lipinski definition) is 2. The number of rotatable bonds is 4. The van der Waals surface area contributed by atoms with E-state index >= 15 is 0 Å². The van der Waals surface area contributed by atoms with E-state index in [1.54, 1.807) is 6.21 Å². The molecule has 0 radical (unpaired) electrons. The van der Waals surface area contributed by atoms with Gasteiger partial charge in [0.25, 0.3) is 0 Å². The van der Waals surface area contributed by atoms with Crippen molar-refractivity contribution in [2.24, 2.45) is 22.4 Å². The van der Waals surface area contributed by atoms with Crippen molar-refractivity contribution in [3.8, 4) is 0 Å². The molecule has 7 rings (SSSR count). The van der Waals surface area contributed by atoms with Crippen molar-refractivity contribution in [2.45, 2.75) is 50.9 Å². The van der Waals surface area contributed by atoms with Gasteiger partial charge in [-0.2, -0.15) is 5.10 Å². The number of benzene rings is 2. The number of nitrogens with one attached hydrogen (secondary N) is 2. The second kappa shape index (κ2) is 6.81. The van der Waals surface area contributed by atoms with E-state index in [0.29, 0.717) is 11.8 Å². The number of carbonyl (C=O) groups is 1. The first-order chi connectivity index (χ1) is 15.1. The van der Waals surface area contributed by atoms with E-state index in [4.69, 9.17) is 0 Å². The van der Waals surface area contributed by atoms with Gasteiger partial charge in [-0.25, -0.2) is 5.43 Å². The Hall–Kier alpha value is -2.88. The number of amides is 1. The molecule has 2 unspecified atom stereocenters. The summed E-state index contributed by atoms with van der Waals surface area (Å²) in [5.74, 6) is 1.44. The summed E-state index contributed by atoms with van der Waals surface area (Å²) in [7, 11) is 0. The smallest absolute Gasteiger partial charge is 0.246 e. The molecule has 2 N–H and O–H groups in total. The molecule has 0 spiro atoms. The fraction of sp³-hybridized carbons (Fsp3) is 0.407. The molecule has 4 heteroatoms. The van der Waals surface area contributed by atoms with Crippen molar-refractivity contribution in [3.63, 3.8) is 0 Å². The number of hydrogen-bond acceptors (Lipinski definition) is 2. The first-order valence-corrected chi connectivity index (χ1v) is 11.5. The van der Waals surface area contributed by atoms with Crippen LogP contribution in [0.25, 0.3) is 10.9 Å². The summed E-state index contributed by atoms with van der Waals surface area (Å²) >= 11 is 0. The Balaban J connectivity index is 1.25. The zero-order chi connectivity index (χ0) is 21.1. The van der Waals surface area contributed by atoms with Gasteiger partial charge in [0, 0.05) is 22.7 Å². The van der Waals surface area contributed by atoms with Gasteiger partial charge in [0.1, 0.15) is 0 Å². The third-order valence-electron chi connectivity index (χ3n) is 8.20. The topological polar surface area (TPSA) is 57.2 Å². The summed E-state index contributed by atoms with van der Waals surface area (Å²) in [6.07, 6.45) is 10.5. The van der Waals surface area contributed by atoms with Crippen LogP contribution in [0.3, 0.4) is 0 Å². The van der Waals surface area contributed by atoms with E-state index in [2.05, 4.69) is 52.8 Å². The van der Waals surface area contributed by atoms with E-state index in [1.165, 1.54) is 30.4 Å². The predicted octanol–water partition coefficient (Wildman–Crippen LogP) is 5.46. The molecule has 1 heterocycles. The maximum atomic E-state index is 13.5. The number of aromatic amines is 1. The van der Waals surface area contributed by atoms with Crippen molar-refractivity contribution in [1.82, 2.24) is 10.4 Å². The molecule has 4 saturated carbocycles. The van der Waals surface area contributed by atoms with Crippen molar-refractivity contribution in [1.29, 1.82) is 0 Å². The molecule has 4 bridgehead atoms. The van der Waals surface area contributed by atoms with E-state index in [-0.39, 0.29) is 16.7 Å². The highest BCUT2D eigenvalue weighted by molar-refractivity contribution is 5.99. The minimum Gasteiger partial charge on any atom is -0.361 e. The SMILES string of the molecule is Cc1ccc(C23CC4CC(CC(C(=O)N/N=C/c5c[nH]c6ccccc56)(C4)C2)C3)cc1. The van der Waals surface area contributed by atoms with Gasteiger partial charge < -0.3 is 4.98 Å². The molecule has 2 aromatic carbocycles. The normalized spacial score (nSPS) is 31.5. The zero-order valence-corrected chi connectivity index (χ0v) is 18.0. The largest absolute Gasteiger partial charge is 0.361 e. The molecule has 3 aromatic rings. The molecule has 0 saturated heterocycles. The lowest BCUT2D eigenvalue weighted by Crippen LogP contribution is -2.58. The van der Waals surface area contributed by atoms with Crippen LogP contribution in [0.4, 0.5) is 0 Å². The van der Waals surface area contributed by atoms with Crippen LogP contribution in [0.1, 0.15) is 55.2 Å². The Kier molecular flexibility index (Phi) is 4.14. The van der Waals surface area contributed by atoms with Gasteiger partial charge >= 0.3 is 0 Å². The van der Waals surface area contributed by atoms with E-state index < -0.39 is 0 Å². The van der Waals surface area contributed by atoms with Gasteiger partial charge in [-0.3, -0.25) is 4.79 Å². The molecule has 158 valence electrons. The number of aryl methyl sites for hydroxylation is 1. The van der Waals surface area contributed by atoms with Gasteiger partial charge in [0.05, 0.1) is 11.6 Å². The third kappa shape index (κ3) is 3.03. The molecular weight excluding hydrogens is 382 g/mol. The number of fused-ring (bicyclic) bond motifs is 1. The van der Waals surface area contributed by atoms with E-state index in [0.717, 1.165) is 35.7 Å². The quantitative estimate of drug-likeness (QED) is 0.434. The second-order valence-electron chi connectivity index (χ2n) is 10.4. The van der Waals surface area contributed by atoms with E-state index in [9.17, 15) is 4.79 Å².